The summed E-state index contributed by atoms with van der Waals surface area (Å²) >= 11 is 0. The van der Waals surface area contributed by atoms with Gasteiger partial charge in [0, 0.05) is 31.0 Å². The standard InChI is InChI=1S/C15H23N3O3/c1-20-15(19)13-11-12(3-4-14(13)16)17-5-2-6-18-7-9-21-10-8-18/h3-4,11,17H,2,5-10,16H2,1H3. The van der Waals surface area contributed by atoms with Crippen molar-refractivity contribution in [3.8, 4) is 0 Å². The Labute approximate surface area is 125 Å². The molecule has 1 fully saturated rings. The zero-order valence-corrected chi connectivity index (χ0v) is 12.4. The predicted octanol–water partition coefficient (Wildman–Crippen LogP) is 1.19. The van der Waals surface area contributed by atoms with E-state index in [1.807, 2.05) is 6.07 Å². The third-order valence-corrected chi connectivity index (χ3v) is 3.54. The molecule has 0 aromatic heterocycles. The zero-order valence-electron chi connectivity index (χ0n) is 12.4. The average molecular weight is 293 g/mol. The van der Waals surface area contributed by atoms with E-state index in [0.29, 0.717) is 11.3 Å². The van der Waals surface area contributed by atoms with E-state index in [9.17, 15) is 4.79 Å². The number of nitrogens with one attached hydrogen (secondary N) is 1. The Balaban J connectivity index is 1.78. The van der Waals surface area contributed by atoms with Crippen molar-refractivity contribution in [2.24, 2.45) is 0 Å². The molecule has 1 aliphatic heterocycles. The highest BCUT2D eigenvalue weighted by Crippen LogP contribution is 2.18. The second kappa shape index (κ2) is 7.85. The maximum Gasteiger partial charge on any atom is 0.340 e. The number of hydrogen-bond donors (Lipinski definition) is 2. The summed E-state index contributed by atoms with van der Waals surface area (Å²) in [7, 11) is 1.35. The van der Waals surface area contributed by atoms with E-state index in [1.165, 1.54) is 7.11 Å². The fourth-order valence-electron chi connectivity index (χ4n) is 2.31. The number of nitrogens with two attached hydrogens (primary N) is 1. The van der Waals surface area contributed by atoms with Gasteiger partial charge in [-0.05, 0) is 31.2 Å². The quantitative estimate of drug-likeness (QED) is 0.466. The second-order valence-corrected chi connectivity index (χ2v) is 5.03. The molecule has 1 aromatic carbocycles. The van der Waals surface area contributed by atoms with Gasteiger partial charge in [0.2, 0.25) is 0 Å². The smallest absolute Gasteiger partial charge is 0.340 e. The molecule has 0 radical (unpaired) electrons. The van der Waals surface area contributed by atoms with Gasteiger partial charge in [-0.2, -0.15) is 0 Å². The van der Waals surface area contributed by atoms with E-state index < -0.39 is 5.97 Å². The maximum atomic E-state index is 11.6. The van der Waals surface area contributed by atoms with E-state index in [0.717, 1.165) is 51.5 Å². The van der Waals surface area contributed by atoms with E-state index in [-0.39, 0.29) is 0 Å². The molecule has 0 aliphatic carbocycles. The Morgan fingerprint density at radius 1 is 1.43 bits per heavy atom. The highest BCUT2D eigenvalue weighted by molar-refractivity contribution is 5.96. The van der Waals surface area contributed by atoms with Crippen molar-refractivity contribution < 1.29 is 14.3 Å². The Hall–Kier alpha value is -1.79. The number of carbonyl (C=O) groups is 1. The summed E-state index contributed by atoms with van der Waals surface area (Å²) in [5.41, 5.74) is 7.48. The van der Waals surface area contributed by atoms with Crippen molar-refractivity contribution in [3.05, 3.63) is 23.8 Å². The lowest BCUT2D eigenvalue weighted by Crippen LogP contribution is -2.37. The second-order valence-electron chi connectivity index (χ2n) is 5.03. The van der Waals surface area contributed by atoms with Crippen LogP contribution in [0.4, 0.5) is 11.4 Å². The summed E-state index contributed by atoms with van der Waals surface area (Å²) in [6.45, 7) is 5.57. The number of nitrogens with zero attached hydrogens (tertiary/aromatic N) is 1. The van der Waals surface area contributed by atoms with Gasteiger partial charge < -0.3 is 20.5 Å². The Kier molecular flexibility index (Phi) is 5.83. The highest BCUT2D eigenvalue weighted by Gasteiger charge is 2.11. The number of morpholine rings is 1. The minimum absolute atomic E-state index is 0.399. The summed E-state index contributed by atoms with van der Waals surface area (Å²) in [5.74, 6) is -0.413. The molecule has 1 aliphatic rings. The van der Waals surface area contributed by atoms with Gasteiger partial charge in [-0.15, -0.1) is 0 Å². The number of hydrogen-bond acceptors (Lipinski definition) is 6. The number of methoxy groups -OCH3 is 1. The van der Waals surface area contributed by atoms with E-state index in [4.69, 9.17) is 15.2 Å². The molecule has 1 saturated heterocycles. The topological polar surface area (TPSA) is 76.8 Å². The molecule has 116 valence electrons. The van der Waals surface area contributed by atoms with Gasteiger partial charge >= 0.3 is 5.97 Å². The molecule has 1 aromatic rings. The molecule has 0 bridgehead atoms. The molecule has 0 spiro atoms. The molecule has 3 N–H and O–H groups in total. The number of rotatable bonds is 6. The molecule has 21 heavy (non-hydrogen) atoms. The first-order valence-corrected chi connectivity index (χ1v) is 7.22. The molecule has 0 atom stereocenters. The van der Waals surface area contributed by atoms with Crippen LogP contribution in [0.2, 0.25) is 0 Å². The van der Waals surface area contributed by atoms with Crippen molar-refractivity contribution in [1.29, 1.82) is 0 Å². The largest absolute Gasteiger partial charge is 0.465 e. The van der Waals surface area contributed by atoms with Gasteiger partial charge in [-0.3, -0.25) is 4.90 Å². The van der Waals surface area contributed by atoms with Crippen LogP contribution in [-0.2, 0) is 9.47 Å². The molecular formula is C15H23N3O3. The van der Waals surface area contributed by atoms with Gasteiger partial charge in [0.1, 0.15) is 0 Å². The summed E-state index contributed by atoms with van der Waals surface area (Å²) in [6.07, 6.45) is 1.04. The van der Waals surface area contributed by atoms with Gasteiger partial charge in [0.05, 0.1) is 25.9 Å². The number of esters is 1. The fraction of sp³-hybridized carbons (Fsp3) is 0.533. The molecule has 6 heteroatoms. The van der Waals surface area contributed by atoms with Crippen LogP contribution >= 0.6 is 0 Å². The summed E-state index contributed by atoms with van der Waals surface area (Å²) in [6, 6.07) is 5.32. The summed E-state index contributed by atoms with van der Waals surface area (Å²) in [5, 5.41) is 3.31. The maximum absolute atomic E-state index is 11.6. The van der Waals surface area contributed by atoms with Gasteiger partial charge in [0.25, 0.3) is 0 Å². The van der Waals surface area contributed by atoms with E-state index >= 15 is 0 Å². The molecular weight excluding hydrogens is 270 g/mol. The summed E-state index contributed by atoms with van der Waals surface area (Å²) in [4.78, 5) is 14.0. The van der Waals surface area contributed by atoms with Crippen LogP contribution in [0.1, 0.15) is 16.8 Å². The number of ether oxygens (including phenoxy) is 2. The first kappa shape index (κ1) is 15.6. The van der Waals surface area contributed by atoms with Crippen LogP contribution in [-0.4, -0.2) is 57.4 Å². The van der Waals surface area contributed by atoms with Crippen molar-refractivity contribution in [2.75, 3.05) is 57.6 Å². The molecule has 6 nitrogen and oxygen atoms in total. The van der Waals surface area contributed by atoms with E-state index in [2.05, 4.69) is 10.2 Å². The van der Waals surface area contributed by atoms with Crippen LogP contribution in [0.5, 0.6) is 0 Å². The van der Waals surface area contributed by atoms with E-state index in [1.54, 1.807) is 12.1 Å². The van der Waals surface area contributed by atoms with Crippen molar-refractivity contribution in [3.63, 3.8) is 0 Å². The normalized spacial score (nSPS) is 15.7. The monoisotopic (exact) mass is 293 g/mol. The Morgan fingerprint density at radius 2 is 2.19 bits per heavy atom. The molecule has 0 amide bonds. The fourth-order valence-corrected chi connectivity index (χ4v) is 2.31. The van der Waals surface area contributed by atoms with Crippen molar-refractivity contribution in [1.82, 2.24) is 4.90 Å². The van der Waals surface area contributed by atoms with Crippen LogP contribution in [0.3, 0.4) is 0 Å². The SMILES string of the molecule is COC(=O)c1cc(NCCCN2CCOCC2)ccc1N. The first-order chi connectivity index (χ1) is 10.2. The lowest BCUT2D eigenvalue weighted by Gasteiger charge is -2.26. The minimum atomic E-state index is -0.413. The van der Waals surface area contributed by atoms with Crippen LogP contribution in [0.25, 0.3) is 0 Å². The Bertz CT molecular complexity index is 473. The van der Waals surface area contributed by atoms with Gasteiger partial charge in [-0.1, -0.05) is 0 Å². The summed E-state index contributed by atoms with van der Waals surface area (Å²) < 4.78 is 10.0. The number of nitrogen functional groups attached to an aromatic ring is 1. The highest BCUT2D eigenvalue weighted by atomic mass is 16.5. The number of carbonyl (C=O) groups excluding carboxylic acids is 1. The lowest BCUT2D eigenvalue weighted by atomic mass is 10.1. The zero-order chi connectivity index (χ0) is 15.1. The predicted molar refractivity (Wildman–Crippen MR) is 82.6 cm³/mol. The van der Waals surface area contributed by atoms with Crippen LogP contribution in [0.15, 0.2) is 18.2 Å². The molecule has 0 unspecified atom stereocenters. The minimum Gasteiger partial charge on any atom is -0.465 e. The lowest BCUT2D eigenvalue weighted by molar-refractivity contribution is 0.0378. The van der Waals surface area contributed by atoms with Gasteiger partial charge in [0.15, 0.2) is 0 Å². The van der Waals surface area contributed by atoms with Gasteiger partial charge in [-0.25, -0.2) is 4.79 Å². The third-order valence-electron chi connectivity index (χ3n) is 3.54. The Morgan fingerprint density at radius 3 is 2.90 bits per heavy atom. The molecule has 0 saturated carbocycles. The molecule has 1 heterocycles. The average Bonchev–Trinajstić information content (AvgIpc) is 2.53. The number of benzene rings is 1. The number of anilines is 2. The van der Waals surface area contributed by atoms with Crippen molar-refractivity contribution in [2.45, 2.75) is 6.42 Å². The third kappa shape index (κ3) is 4.61. The first-order valence-electron chi connectivity index (χ1n) is 7.22. The van der Waals surface area contributed by atoms with Crippen LogP contribution < -0.4 is 11.1 Å². The van der Waals surface area contributed by atoms with Crippen LogP contribution in [0, 0.1) is 0 Å². The van der Waals surface area contributed by atoms with Crippen molar-refractivity contribution >= 4 is 17.3 Å². The molecule has 2 rings (SSSR count).